The van der Waals surface area contributed by atoms with Crippen molar-refractivity contribution < 1.29 is 14.6 Å². The number of carbonyl (C=O) groups is 1. The summed E-state index contributed by atoms with van der Waals surface area (Å²) in [6.07, 6.45) is -0.291. The van der Waals surface area contributed by atoms with E-state index >= 15 is 0 Å². The molecule has 0 heterocycles. The lowest BCUT2D eigenvalue weighted by Gasteiger charge is -2.20. The molecule has 1 atom stereocenters. The van der Waals surface area contributed by atoms with Crippen molar-refractivity contribution in [2.24, 2.45) is 0 Å². The van der Waals surface area contributed by atoms with Crippen LogP contribution in [0.4, 0.5) is 0 Å². The molecule has 0 radical (unpaired) electrons. The number of aliphatic hydroxyl groups is 1. The Morgan fingerprint density at radius 1 is 1.08 bits per heavy atom. The van der Waals surface area contributed by atoms with Gasteiger partial charge >= 0.3 is 0 Å². The minimum Gasteiger partial charge on any atom is -0.394 e. The molecule has 0 spiro atoms. The van der Waals surface area contributed by atoms with E-state index in [9.17, 15) is 4.79 Å². The lowest BCUT2D eigenvalue weighted by molar-refractivity contribution is 0.0277. The van der Waals surface area contributed by atoms with E-state index < -0.39 is 0 Å². The highest BCUT2D eigenvalue weighted by Crippen LogP contribution is 2.22. The summed E-state index contributed by atoms with van der Waals surface area (Å²) in [7, 11) is 0. The van der Waals surface area contributed by atoms with E-state index in [0.717, 1.165) is 11.1 Å². The molecule has 0 saturated heterocycles. The molecule has 1 amide bonds. The molecule has 4 nitrogen and oxygen atoms in total. The summed E-state index contributed by atoms with van der Waals surface area (Å²) in [5.41, 5.74) is 4.02. The largest absolute Gasteiger partial charge is 0.394 e. The van der Waals surface area contributed by atoms with Crippen LogP contribution >= 0.6 is 0 Å². The van der Waals surface area contributed by atoms with Gasteiger partial charge in [0.15, 0.2) is 0 Å². The van der Waals surface area contributed by atoms with E-state index in [1.165, 1.54) is 5.56 Å². The number of aliphatic hydroxyl groups excluding tert-OH is 1. The van der Waals surface area contributed by atoms with Crippen LogP contribution in [0.3, 0.4) is 0 Å². The van der Waals surface area contributed by atoms with Crippen LogP contribution in [0.5, 0.6) is 0 Å². The third-order valence-corrected chi connectivity index (χ3v) is 4.32. The SMILES string of the molecule is Cc1ccc([C@@H](CNC(=O)c2ccc(C(C)(C)C)cc2)OCCO)cc1. The second kappa shape index (κ2) is 8.97. The molecular formula is C22H29NO3. The Balaban J connectivity index is 2.02. The predicted molar refractivity (Wildman–Crippen MR) is 104 cm³/mol. The van der Waals surface area contributed by atoms with Gasteiger partial charge in [-0.3, -0.25) is 4.79 Å². The number of carbonyl (C=O) groups excluding carboxylic acids is 1. The summed E-state index contributed by atoms with van der Waals surface area (Å²) < 4.78 is 5.70. The fourth-order valence-electron chi connectivity index (χ4n) is 2.66. The van der Waals surface area contributed by atoms with Gasteiger partial charge < -0.3 is 15.2 Å². The minimum atomic E-state index is -0.291. The van der Waals surface area contributed by atoms with Gasteiger partial charge in [-0.15, -0.1) is 0 Å². The second-order valence-electron chi connectivity index (χ2n) is 7.53. The Kier molecular flexibility index (Phi) is 6.95. The van der Waals surface area contributed by atoms with Crippen molar-refractivity contribution >= 4 is 5.91 Å². The van der Waals surface area contributed by atoms with Crippen LogP contribution in [0.25, 0.3) is 0 Å². The average molecular weight is 355 g/mol. The molecule has 26 heavy (non-hydrogen) atoms. The molecule has 0 aromatic heterocycles. The van der Waals surface area contributed by atoms with Crippen molar-refractivity contribution in [2.75, 3.05) is 19.8 Å². The standard InChI is InChI=1S/C22H29NO3/c1-16-5-7-17(8-6-16)20(26-14-13-24)15-23-21(25)18-9-11-19(12-10-18)22(2,3)4/h5-12,20,24H,13-15H2,1-4H3,(H,23,25)/t20-/m1/s1. The van der Waals surface area contributed by atoms with Gasteiger partial charge in [0.1, 0.15) is 0 Å². The van der Waals surface area contributed by atoms with Gasteiger partial charge in [0.25, 0.3) is 5.91 Å². The van der Waals surface area contributed by atoms with Gasteiger partial charge in [0.2, 0.25) is 0 Å². The number of aryl methyl sites for hydroxylation is 1. The van der Waals surface area contributed by atoms with Gasteiger partial charge in [-0.1, -0.05) is 62.7 Å². The van der Waals surface area contributed by atoms with Gasteiger partial charge in [0.05, 0.1) is 19.3 Å². The Bertz CT molecular complexity index is 700. The summed E-state index contributed by atoms with van der Waals surface area (Å²) in [4.78, 5) is 12.5. The Morgan fingerprint density at radius 2 is 1.69 bits per heavy atom. The topological polar surface area (TPSA) is 58.6 Å². The number of benzene rings is 2. The average Bonchev–Trinajstić information content (AvgIpc) is 2.62. The fraction of sp³-hybridized carbons (Fsp3) is 0.409. The molecule has 0 fully saturated rings. The molecule has 0 saturated carbocycles. The number of amides is 1. The number of ether oxygens (including phenoxy) is 1. The van der Waals surface area contributed by atoms with Crippen LogP contribution in [0.15, 0.2) is 48.5 Å². The molecule has 0 aliphatic heterocycles. The highest BCUT2D eigenvalue weighted by Gasteiger charge is 2.16. The lowest BCUT2D eigenvalue weighted by Crippen LogP contribution is -2.30. The molecule has 0 aliphatic rings. The number of nitrogens with one attached hydrogen (secondary N) is 1. The van der Waals surface area contributed by atoms with E-state index in [4.69, 9.17) is 9.84 Å². The quantitative estimate of drug-likeness (QED) is 0.795. The second-order valence-corrected chi connectivity index (χ2v) is 7.53. The van der Waals surface area contributed by atoms with Crippen LogP contribution in [-0.4, -0.2) is 30.8 Å². The molecule has 2 aromatic carbocycles. The highest BCUT2D eigenvalue weighted by molar-refractivity contribution is 5.94. The normalized spacial score (nSPS) is 12.7. The van der Waals surface area contributed by atoms with Crippen LogP contribution in [-0.2, 0) is 10.2 Å². The van der Waals surface area contributed by atoms with Crippen LogP contribution in [0, 0.1) is 6.92 Å². The summed E-state index contributed by atoms with van der Waals surface area (Å²) in [5.74, 6) is -0.129. The fourth-order valence-corrected chi connectivity index (χ4v) is 2.66. The van der Waals surface area contributed by atoms with Crippen LogP contribution in [0.2, 0.25) is 0 Å². The van der Waals surface area contributed by atoms with Crippen molar-refractivity contribution in [3.63, 3.8) is 0 Å². The van der Waals surface area contributed by atoms with Crippen molar-refractivity contribution in [3.05, 3.63) is 70.8 Å². The Hall–Kier alpha value is -2.17. The van der Waals surface area contributed by atoms with Crippen molar-refractivity contribution in [1.82, 2.24) is 5.32 Å². The van der Waals surface area contributed by atoms with Crippen molar-refractivity contribution in [1.29, 1.82) is 0 Å². The van der Waals surface area contributed by atoms with Gasteiger partial charge in [0, 0.05) is 12.1 Å². The first-order valence-electron chi connectivity index (χ1n) is 8.99. The van der Waals surface area contributed by atoms with Gasteiger partial charge in [-0.05, 0) is 35.6 Å². The van der Waals surface area contributed by atoms with E-state index in [2.05, 4.69) is 26.1 Å². The Morgan fingerprint density at radius 3 is 2.23 bits per heavy atom. The summed E-state index contributed by atoms with van der Waals surface area (Å²) in [6, 6.07) is 15.7. The third-order valence-electron chi connectivity index (χ3n) is 4.32. The monoisotopic (exact) mass is 355 g/mol. The van der Waals surface area contributed by atoms with E-state index in [1.807, 2.05) is 55.5 Å². The molecule has 4 heteroatoms. The Labute approximate surface area is 156 Å². The van der Waals surface area contributed by atoms with Crippen LogP contribution < -0.4 is 5.32 Å². The molecule has 0 aliphatic carbocycles. The zero-order valence-corrected chi connectivity index (χ0v) is 16.1. The lowest BCUT2D eigenvalue weighted by atomic mass is 9.87. The predicted octanol–water partition coefficient (Wildman–Crippen LogP) is 3.77. The number of hydrogen-bond acceptors (Lipinski definition) is 3. The molecule has 140 valence electrons. The first-order valence-corrected chi connectivity index (χ1v) is 8.99. The molecule has 2 aromatic rings. The third kappa shape index (κ3) is 5.68. The number of hydrogen-bond donors (Lipinski definition) is 2. The molecule has 2 rings (SSSR count). The summed E-state index contributed by atoms with van der Waals surface area (Å²) >= 11 is 0. The van der Waals surface area contributed by atoms with Crippen LogP contribution in [0.1, 0.15) is 53.9 Å². The van der Waals surface area contributed by atoms with Crippen molar-refractivity contribution in [2.45, 2.75) is 39.2 Å². The first-order chi connectivity index (χ1) is 12.3. The van der Waals surface area contributed by atoms with Gasteiger partial charge in [-0.25, -0.2) is 0 Å². The number of rotatable bonds is 7. The van der Waals surface area contributed by atoms with E-state index in [-0.39, 0.29) is 30.6 Å². The zero-order chi connectivity index (χ0) is 19.2. The van der Waals surface area contributed by atoms with E-state index in [0.29, 0.717) is 12.1 Å². The zero-order valence-electron chi connectivity index (χ0n) is 16.1. The molecule has 0 bridgehead atoms. The maximum absolute atomic E-state index is 12.5. The molecule has 0 unspecified atom stereocenters. The highest BCUT2D eigenvalue weighted by atomic mass is 16.5. The minimum absolute atomic E-state index is 0.0510. The smallest absolute Gasteiger partial charge is 0.251 e. The van der Waals surface area contributed by atoms with Gasteiger partial charge in [-0.2, -0.15) is 0 Å². The summed E-state index contributed by atoms with van der Waals surface area (Å²) in [6.45, 7) is 8.99. The summed E-state index contributed by atoms with van der Waals surface area (Å²) in [5, 5.41) is 12.0. The van der Waals surface area contributed by atoms with E-state index in [1.54, 1.807) is 0 Å². The maximum Gasteiger partial charge on any atom is 0.251 e. The maximum atomic E-state index is 12.5. The molecular weight excluding hydrogens is 326 g/mol. The van der Waals surface area contributed by atoms with Crippen molar-refractivity contribution in [3.8, 4) is 0 Å². The molecule has 2 N–H and O–H groups in total. The first kappa shape index (κ1) is 20.1.